The van der Waals surface area contributed by atoms with Crippen LogP contribution in [-0.2, 0) is 57.0 Å². The van der Waals surface area contributed by atoms with Crippen molar-refractivity contribution in [3.8, 4) is 0 Å². The van der Waals surface area contributed by atoms with Crippen molar-refractivity contribution >= 4 is 11.9 Å². The molecule has 7 aliphatic rings. The van der Waals surface area contributed by atoms with Crippen LogP contribution >= 0.6 is 0 Å². The van der Waals surface area contributed by atoms with E-state index in [9.17, 15) is 19.8 Å². The summed E-state index contributed by atoms with van der Waals surface area (Å²) in [6, 6.07) is -0.314. The fraction of sp³-hybridized carbons (Fsp3) is 0.755. The van der Waals surface area contributed by atoms with E-state index in [4.69, 9.17) is 47.4 Å². The molecule has 64 heavy (non-hydrogen) atoms. The maximum absolute atomic E-state index is 14.3. The molecule has 0 aromatic rings. The number of hydrogen-bond acceptors (Lipinski definition) is 14. The molecular weight excluding hydrogens is 827 g/mol. The zero-order valence-electron chi connectivity index (χ0n) is 39.5. The zero-order valence-corrected chi connectivity index (χ0v) is 39.5. The van der Waals surface area contributed by atoms with E-state index in [0.29, 0.717) is 36.8 Å². The topological polar surface area (TPSA) is 179 Å². The summed E-state index contributed by atoms with van der Waals surface area (Å²) in [7, 11) is 3.27. The molecule has 19 atom stereocenters. The van der Waals surface area contributed by atoms with Crippen LogP contribution in [0.15, 0.2) is 59.3 Å². The van der Waals surface area contributed by atoms with Crippen LogP contribution in [0.2, 0.25) is 0 Å². The van der Waals surface area contributed by atoms with Crippen LogP contribution < -0.4 is 5.32 Å². The number of carbonyl (C=O) groups excluding carboxylic acids is 2. The summed E-state index contributed by atoms with van der Waals surface area (Å²) in [5.74, 6) is -2.81. The summed E-state index contributed by atoms with van der Waals surface area (Å²) in [6.07, 6.45) is 8.46. The largest absolute Gasteiger partial charge is 0.462 e. The van der Waals surface area contributed by atoms with Crippen molar-refractivity contribution in [1.29, 1.82) is 0 Å². The third-order valence-electron chi connectivity index (χ3n) is 14.4. The molecule has 6 aliphatic heterocycles. The van der Waals surface area contributed by atoms with Gasteiger partial charge in [-0.25, -0.2) is 0 Å². The highest BCUT2D eigenvalue weighted by Crippen LogP contribution is 2.47. The SMILES string of the molecule is CO[C@H]1C[C@H](O[C@@H]2/C(C)=C\C[C@@H]3C[C@@H](C[C@]4(C=C[C@H](C)[C@@H](C(C)C)O4)O3)OC(=O)[C@@H]3C=C(C)[C@@H](O)[C@H]4OCC(=C/C=C\[C@@H]2C)[C@]43O)O[C@@H](C)[C@H]1O[C@H]1C[C@@H](OC)[C@H](NC(C)=O)[C@H](C)O1. The summed E-state index contributed by atoms with van der Waals surface area (Å²) < 4.78 is 64.2. The Morgan fingerprint density at radius 3 is 2.31 bits per heavy atom. The maximum Gasteiger partial charge on any atom is 0.316 e. The number of amides is 1. The fourth-order valence-electron chi connectivity index (χ4n) is 10.9. The number of aliphatic hydroxyl groups is 2. The minimum absolute atomic E-state index is 0.0266. The molecular formula is C49H73NO14. The Labute approximate surface area is 378 Å². The second-order valence-electron chi connectivity index (χ2n) is 19.5. The lowest BCUT2D eigenvalue weighted by molar-refractivity contribution is -0.311. The molecule has 6 heterocycles. The quantitative estimate of drug-likeness (QED) is 0.216. The van der Waals surface area contributed by atoms with Gasteiger partial charge in [0.1, 0.15) is 35.9 Å². The first-order valence-electron chi connectivity index (χ1n) is 23.3. The highest BCUT2D eigenvalue weighted by atomic mass is 16.7. The standard InChI is InChI=1S/C49H73NO14/c1-25(2)43-28(5)17-18-48(64-43)23-35-20-34(63-48)16-15-27(4)44(26(3)13-12-14-33-24-57-46-42(52)29(6)19-36(47(53)60-35)49(33,46)54)61-40-22-38(56-11)45(31(8)59-40)62-39-21-37(55-10)41(30(7)58-39)50-32(9)51/h12-15,17-19,25-26,28,30-31,34-46,52,54H,16,20-24H2,1-11H3,(H,50,51)/b13-12-,27-15-,33-14?/t26-,28-,30-,31-,34+,35-,36-,37+,38-,39-,40-,41+,42+,43+,44-,45+,46+,48+,49+/m0/s1. The van der Waals surface area contributed by atoms with E-state index in [1.807, 2.05) is 39.0 Å². The first-order chi connectivity index (χ1) is 30.4. The van der Waals surface area contributed by atoms with Crippen LogP contribution in [0.3, 0.4) is 0 Å². The van der Waals surface area contributed by atoms with Gasteiger partial charge in [-0.2, -0.15) is 0 Å². The second kappa shape index (κ2) is 20.2. The molecule has 1 amide bonds. The Hall–Kier alpha value is -2.80. The summed E-state index contributed by atoms with van der Waals surface area (Å²) in [5, 5.41) is 26.7. The van der Waals surface area contributed by atoms with Crippen LogP contribution in [0.1, 0.15) is 94.4 Å². The monoisotopic (exact) mass is 900 g/mol. The van der Waals surface area contributed by atoms with Gasteiger partial charge in [-0.05, 0) is 62.8 Å². The highest BCUT2D eigenvalue weighted by molar-refractivity contribution is 5.78. The average Bonchev–Trinajstić information content (AvgIpc) is 3.58. The Balaban J connectivity index is 1.16. The van der Waals surface area contributed by atoms with E-state index in [-0.39, 0.29) is 61.0 Å². The zero-order chi connectivity index (χ0) is 46.2. The number of fused-ring (bicyclic) bond motifs is 2. The summed E-state index contributed by atoms with van der Waals surface area (Å²) >= 11 is 0. The Morgan fingerprint density at radius 1 is 0.906 bits per heavy atom. The van der Waals surface area contributed by atoms with E-state index < -0.39 is 84.7 Å². The molecule has 4 fully saturated rings. The van der Waals surface area contributed by atoms with Crippen LogP contribution in [0, 0.1) is 23.7 Å². The van der Waals surface area contributed by atoms with Gasteiger partial charge in [0, 0.05) is 58.7 Å². The second-order valence-corrected chi connectivity index (χ2v) is 19.5. The fourth-order valence-corrected chi connectivity index (χ4v) is 10.9. The molecule has 358 valence electrons. The van der Waals surface area contributed by atoms with Gasteiger partial charge in [-0.3, -0.25) is 9.59 Å². The summed E-state index contributed by atoms with van der Waals surface area (Å²) in [4.78, 5) is 26.2. The summed E-state index contributed by atoms with van der Waals surface area (Å²) in [5.41, 5.74) is 0.112. The molecule has 0 radical (unpaired) electrons. The van der Waals surface area contributed by atoms with E-state index in [2.05, 4.69) is 45.2 Å². The molecule has 1 aliphatic carbocycles. The number of esters is 1. The normalized spacial score (nSPS) is 46.6. The van der Waals surface area contributed by atoms with Crippen molar-refractivity contribution in [2.75, 3.05) is 20.8 Å². The van der Waals surface area contributed by atoms with Gasteiger partial charge in [-0.15, -0.1) is 0 Å². The summed E-state index contributed by atoms with van der Waals surface area (Å²) in [6.45, 7) is 17.5. The van der Waals surface area contributed by atoms with Crippen LogP contribution in [0.25, 0.3) is 0 Å². The number of ether oxygens (including phenoxy) is 10. The Bertz CT molecular complexity index is 1830. The third-order valence-corrected chi connectivity index (χ3v) is 14.4. The van der Waals surface area contributed by atoms with Crippen molar-refractivity contribution in [3.63, 3.8) is 0 Å². The van der Waals surface area contributed by atoms with E-state index >= 15 is 0 Å². The molecule has 3 N–H and O–H groups in total. The van der Waals surface area contributed by atoms with E-state index in [1.165, 1.54) is 6.92 Å². The maximum atomic E-state index is 14.3. The van der Waals surface area contributed by atoms with Crippen LogP contribution in [0.4, 0.5) is 0 Å². The molecule has 0 aromatic heterocycles. The number of allylic oxidation sites excluding steroid dienone is 2. The number of carbonyl (C=O) groups is 2. The first kappa shape index (κ1) is 49.1. The number of hydrogen-bond donors (Lipinski definition) is 3. The highest BCUT2D eigenvalue weighted by Gasteiger charge is 2.60. The minimum Gasteiger partial charge on any atom is -0.462 e. The lowest BCUT2D eigenvalue weighted by atomic mass is 9.71. The molecule has 7 rings (SSSR count). The molecule has 1 spiro atoms. The lowest BCUT2D eigenvalue weighted by Gasteiger charge is -2.48. The molecule has 4 saturated heterocycles. The molecule has 0 unspecified atom stereocenters. The van der Waals surface area contributed by atoms with Crippen LogP contribution in [0.5, 0.6) is 0 Å². The Morgan fingerprint density at radius 2 is 1.61 bits per heavy atom. The third kappa shape index (κ3) is 10.2. The van der Waals surface area contributed by atoms with Crippen molar-refractivity contribution in [3.05, 3.63) is 59.3 Å². The van der Waals surface area contributed by atoms with Gasteiger partial charge in [0.2, 0.25) is 5.91 Å². The van der Waals surface area contributed by atoms with Crippen molar-refractivity contribution in [2.24, 2.45) is 23.7 Å². The van der Waals surface area contributed by atoms with E-state index in [0.717, 1.165) is 5.57 Å². The predicted molar refractivity (Wildman–Crippen MR) is 234 cm³/mol. The minimum atomic E-state index is -1.84. The first-order valence-corrected chi connectivity index (χ1v) is 23.3. The van der Waals surface area contributed by atoms with Crippen molar-refractivity contribution in [2.45, 2.75) is 192 Å². The number of methoxy groups -OCH3 is 2. The number of rotatable bonds is 8. The van der Waals surface area contributed by atoms with Crippen molar-refractivity contribution < 1.29 is 67.2 Å². The van der Waals surface area contributed by atoms with Crippen LogP contribution in [-0.4, -0.2) is 140 Å². The molecule has 15 nitrogen and oxygen atoms in total. The average molecular weight is 900 g/mol. The van der Waals surface area contributed by atoms with Gasteiger partial charge in [0.25, 0.3) is 0 Å². The van der Waals surface area contributed by atoms with Gasteiger partial charge in [0.15, 0.2) is 18.4 Å². The van der Waals surface area contributed by atoms with Crippen molar-refractivity contribution in [1.82, 2.24) is 5.32 Å². The molecule has 2 bridgehead atoms. The molecule has 0 aromatic carbocycles. The lowest BCUT2D eigenvalue weighted by Crippen LogP contribution is -2.58. The predicted octanol–water partition coefficient (Wildman–Crippen LogP) is 5.13. The molecule has 15 heteroatoms. The number of aliphatic hydroxyl groups excluding tert-OH is 1. The van der Waals surface area contributed by atoms with Gasteiger partial charge >= 0.3 is 5.97 Å². The smallest absolute Gasteiger partial charge is 0.316 e. The Kier molecular flexibility index (Phi) is 15.5. The van der Waals surface area contributed by atoms with E-state index in [1.54, 1.807) is 33.3 Å². The number of nitrogens with one attached hydrogen (secondary N) is 1. The molecule has 0 saturated carbocycles. The van der Waals surface area contributed by atoms with Gasteiger partial charge in [0.05, 0.1) is 55.4 Å². The van der Waals surface area contributed by atoms with Gasteiger partial charge < -0.3 is 62.9 Å². The van der Waals surface area contributed by atoms with Gasteiger partial charge in [-0.1, -0.05) is 64.2 Å².